The molecule has 0 aliphatic heterocycles. The van der Waals surface area contributed by atoms with Crippen LogP contribution in [-0.2, 0) is 6.42 Å². The van der Waals surface area contributed by atoms with Gasteiger partial charge in [0, 0.05) is 33.2 Å². The summed E-state index contributed by atoms with van der Waals surface area (Å²) in [5.41, 5.74) is 15.9. The standard InChI is InChI=1S/C49H33N3/c50-32-33-27-38(29-39(28-33)37-24-26-49-45(31-37)43-16-8-10-18-47(43)52(49)41-13-5-2-6-14-41)35-21-19-34(20-22-35)36-23-25-48-44(30-36)42-15-7-9-17-46(42)51(48)40-11-3-1-4-12-40/h1-6,8-14,16-31H,7,15H2. The molecule has 0 bridgehead atoms. The molecule has 0 saturated carbocycles. The normalized spacial score (nSPS) is 12.4. The quantitative estimate of drug-likeness (QED) is 0.180. The van der Waals surface area contributed by atoms with Crippen LogP contribution >= 0.6 is 0 Å². The summed E-state index contributed by atoms with van der Waals surface area (Å²) in [6, 6.07) is 60.7. The summed E-state index contributed by atoms with van der Waals surface area (Å²) in [5, 5.41) is 13.8. The summed E-state index contributed by atoms with van der Waals surface area (Å²) in [7, 11) is 0. The number of para-hydroxylation sites is 3. The van der Waals surface area contributed by atoms with Crippen molar-refractivity contribution in [3.63, 3.8) is 0 Å². The Morgan fingerprint density at radius 2 is 0.981 bits per heavy atom. The molecule has 0 atom stereocenters. The maximum Gasteiger partial charge on any atom is 0.0992 e. The first-order valence-electron chi connectivity index (χ1n) is 17.9. The Balaban J connectivity index is 1.03. The molecule has 0 radical (unpaired) electrons. The first-order chi connectivity index (χ1) is 25.7. The molecule has 0 fully saturated rings. The largest absolute Gasteiger partial charge is 0.310 e. The lowest BCUT2D eigenvalue weighted by Crippen LogP contribution is -1.99. The van der Waals surface area contributed by atoms with Crippen LogP contribution in [0.2, 0.25) is 0 Å². The van der Waals surface area contributed by atoms with Gasteiger partial charge in [-0.1, -0.05) is 97.1 Å². The number of nitriles is 1. The molecule has 0 amide bonds. The van der Waals surface area contributed by atoms with E-state index in [1.807, 2.05) is 12.1 Å². The van der Waals surface area contributed by atoms with Gasteiger partial charge in [0.1, 0.15) is 0 Å². The molecule has 52 heavy (non-hydrogen) atoms. The zero-order valence-corrected chi connectivity index (χ0v) is 28.5. The Labute approximate surface area is 302 Å². The molecule has 2 heterocycles. The van der Waals surface area contributed by atoms with Gasteiger partial charge in [-0.05, 0) is 131 Å². The molecule has 7 aromatic carbocycles. The van der Waals surface area contributed by atoms with Crippen LogP contribution in [0.5, 0.6) is 0 Å². The Morgan fingerprint density at radius 3 is 1.69 bits per heavy atom. The summed E-state index contributed by atoms with van der Waals surface area (Å²) in [6.07, 6.45) is 6.68. The molecule has 0 saturated heterocycles. The highest BCUT2D eigenvalue weighted by Crippen LogP contribution is 2.39. The van der Waals surface area contributed by atoms with Crippen LogP contribution < -0.4 is 0 Å². The third-order valence-corrected chi connectivity index (χ3v) is 10.6. The number of benzene rings is 7. The summed E-state index contributed by atoms with van der Waals surface area (Å²) in [6.45, 7) is 0. The number of hydrogen-bond acceptors (Lipinski definition) is 1. The highest BCUT2D eigenvalue weighted by atomic mass is 15.0. The van der Waals surface area contributed by atoms with Crippen molar-refractivity contribution in [2.24, 2.45) is 0 Å². The Kier molecular flexibility index (Phi) is 7.01. The second-order valence-electron chi connectivity index (χ2n) is 13.6. The fourth-order valence-corrected chi connectivity index (χ4v) is 8.16. The predicted octanol–water partition coefficient (Wildman–Crippen LogP) is 12.6. The Morgan fingerprint density at radius 1 is 0.442 bits per heavy atom. The molecule has 3 heteroatoms. The molecule has 10 rings (SSSR count). The summed E-state index contributed by atoms with van der Waals surface area (Å²) in [4.78, 5) is 0. The van der Waals surface area contributed by atoms with Crippen LogP contribution in [-0.4, -0.2) is 9.13 Å². The van der Waals surface area contributed by atoms with Crippen molar-refractivity contribution in [3.05, 3.63) is 187 Å². The highest BCUT2D eigenvalue weighted by Gasteiger charge is 2.19. The molecular weight excluding hydrogens is 631 g/mol. The van der Waals surface area contributed by atoms with Gasteiger partial charge in [0.05, 0.1) is 28.2 Å². The third-order valence-electron chi connectivity index (χ3n) is 10.6. The van der Waals surface area contributed by atoms with Gasteiger partial charge < -0.3 is 9.13 Å². The number of nitrogens with zero attached hydrogens (tertiary/aromatic N) is 3. The molecular formula is C49H33N3. The third kappa shape index (κ3) is 4.88. The summed E-state index contributed by atoms with van der Waals surface area (Å²) < 4.78 is 4.72. The van der Waals surface area contributed by atoms with Crippen molar-refractivity contribution in [3.8, 4) is 50.8 Å². The van der Waals surface area contributed by atoms with Gasteiger partial charge in [0.25, 0.3) is 0 Å². The lowest BCUT2D eigenvalue weighted by atomic mass is 9.94. The molecule has 0 spiro atoms. The van der Waals surface area contributed by atoms with E-state index in [-0.39, 0.29) is 0 Å². The van der Waals surface area contributed by atoms with Gasteiger partial charge in [-0.2, -0.15) is 5.26 Å². The minimum Gasteiger partial charge on any atom is -0.310 e. The zero-order valence-electron chi connectivity index (χ0n) is 28.5. The van der Waals surface area contributed by atoms with Crippen LogP contribution in [0.3, 0.4) is 0 Å². The average molecular weight is 664 g/mol. The van der Waals surface area contributed by atoms with Crippen LogP contribution in [0.25, 0.3) is 83.5 Å². The highest BCUT2D eigenvalue weighted by molar-refractivity contribution is 6.10. The van der Waals surface area contributed by atoms with Crippen LogP contribution in [0, 0.1) is 11.3 Å². The van der Waals surface area contributed by atoms with E-state index in [1.54, 1.807) is 0 Å². The van der Waals surface area contributed by atoms with Gasteiger partial charge in [-0.15, -0.1) is 0 Å². The number of aromatic nitrogens is 2. The van der Waals surface area contributed by atoms with Crippen LogP contribution in [0.4, 0.5) is 0 Å². The molecule has 3 nitrogen and oxygen atoms in total. The van der Waals surface area contributed by atoms with E-state index in [1.165, 1.54) is 55.3 Å². The first-order valence-corrected chi connectivity index (χ1v) is 17.9. The Bertz CT molecular complexity index is 2880. The van der Waals surface area contributed by atoms with E-state index in [0.717, 1.165) is 46.3 Å². The van der Waals surface area contributed by atoms with E-state index < -0.39 is 0 Å². The number of aryl methyl sites for hydroxylation is 1. The van der Waals surface area contributed by atoms with Crippen LogP contribution in [0.1, 0.15) is 23.2 Å². The van der Waals surface area contributed by atoms with E-state index in [4.69, 9.17) is 0 Å². The molecule has 9 aromatic rings. The van der Waals surface area contributed by atoms with E-state index in [9.17, 15) is 5.26 Å². The van der Waals surface area contributed by atoms with Gasteiger partial charge in [-0.25, -0.2) is 0 Å². The van der Waals surface area contributed by atoms with E-state index >= 15 is 0 Å². The fraction of sp³-hybridized carbons (Fsp3) is 0.0408. The van der Waals surface area contributed by atoms with Crippen molar-refractivity contribution in [2.75, 3.05) is 0 Å². The second-order valence-corrected chi connectivity index (χ2v) is 13.6. The molecule has 1 aliphatic rings. The van der Waals surface area contributed by atoms with Crippen molar-refractivity contribution in [2.45, 2.75) is 12.8 Å². The second kappa shape index (κ2) is 12.2. The predicted molar refractivity (Wildman–Crippen MR) is 216 cm³/mol. The Hall–Kier alpha value is -6.89. The van der Waals surface area contributed by atoms with Gasteiger partial charge in [0.2, 0.25) is 0 Å². The summed E-state index contributed by atoms with van der Waals surface area (Å²) >= 11 is 0. The fourth-order valence-electron chi connectivity index (χ4n) is 8.16. The average Bonchev–Trinajstić information content (AvgIpc) is 3.73. The smallest absolute Gasteiger partial charge is 0.0992 e. The lowest BCUT2D eigenvalue weighted by Gasteiger charge is -2.11. The zero-order chi connectivity index (χ0) is 34.6. The molecule has 244 valence electrons. The maximum absolute atomic E-state index is 10.1. The maximum atomic E-state index is 10.1. The lowest BCUT2D eigenvalue weighted by molar-refractivity contribution is 0.967. The van der Waals surface area contributed by atoms with Crippen molar-refractivity contribution >= 4 is 38.8 Å². The number of fused-ring (bicyclic) bond motifs is 6. The van der Waals surface area contributed by atoms with Crippen LogP contribution in [0.15, 0.2) is 170 Å². The van der Waals surface area contributed by atoms with Gasteiger partial charge >= 0.3 is 0 Å². The molecule has 1 aliphatic carbocycles. The molecule has 0 N–H and O–H groups in total. The van der Waals surface area contributed by atoms with Crippen molar-refractivity contribution in [1.29, 1.82) is 5.26 Å². The molecule has 2 aromatic heterocycles. The van der Waals surface area contributed by atoms with Gasteiger partial charge in [-0.3, -0.25) is 0 Å². The minimum absolute atomic E-state index is 0.649. The minimum atomic E-state index is 0.649. The van der Waals surface area contributed by atoms with Gasteiger partial charge in [0.15, 0.2) is 0 Å². The first kappa shape index (κ1) is 30.0. The molecule has 0 unspecified atom stereocenters. The van der Waals surface area contributed by atoms with Crippen molar-refractivity contribution < 1.29 is 0 Å². The van der Waals surface area contributed by atoms with E-state index in [0.29, 0.717) is 5.56 Å². The topological polar surface area (TPSA) is 33.6 Å². The van der Waals surface area contributed by atoms with Crippen molar-refractivity contribution in [1.82, 2.24) is 9.13 Å². The number of hydrogen-bond donors (Lipinski definition) is 0. The monoisotopic (exact) mass is 663 g/mol. The number of rotatable bonds is 5. The van der Waals surface area contributed by atoms with E-state index in [2.05, 4.69) is 179 Å². The SMILES string of the molecule is N#Cc1cc(-c2ccc(-c3ccc4c(c3)c3c(n4-c4ccccc4)C=CCC3)cc2)cc(-c2ccc3c(c2)c2ccccc2n3-c2ccccc2)c1. The summed E-state index contributed by atoms with van der Waals surface area (Å²) in [5.74, 6) is 0. The number of allylic oxidation sites excluding steroid dienone is 1.